The minimum absolute atomic E-state index is 0.0113. The molecule has 2 amide bonds. The SMILES string of the molecule is COc1ccc(-c2ncnc3c(C(=O)NC4CN(C(=O)O)CC4O)c(C)[nH]c23)c(OCC2CC2)c1. The van der Waals surface area contributed by atoms with Crippen LogP contribution in [-0.2, 0) is 0 Å². The predicted molar refractivity (Wildman–Crippen MR) is 126 cm³/mol. The first kappa shape index (κ1) is 22.9. The van der Waals surface area contributed by atoms with Crippen molar-refractivity contribution in [3.8, 4) is 22.8 Å². The lowest BCUT2D eigenvalue weighted by molar-refractivity contribution is 0.0889. The second-order valence-corrected chi connectivity index (χ2v) is 9.02. The van der Waals surface area contributed by atoms with Gasteiger partial charge in [0.2, 0.25) is 0 Å². The number of β-amino-alcohol motifs (C(OH)–C–C–N with tert-alkyl or cyclic N) is 1. The Bertz CT molecular complexity index is 1290. The van der Waals surface area contributed by atoms with Crippen LogP contribution in [0.15, 0.2) is 24.5 Å². The van der Waals surface area contributed by atoms with Crippen LogP contribution >= 0.6 is 0 Å². The molecular formula is C24H27N5O6. The Kier molecular flexibility index (Phi) is 5.93. The Balaban J connectivity index is 1.48. The summed E-state index contributed by atoms with van der Waals surface area (Å²) >= 11 is 0. The number of H-pyrrole nitrogens is 1. The Hall–Kier alpha value is -3.86. The van der Waals surface area contributed by atoms with E-state index in [4.69, 9.17) is 9.47 Å². The Morgan fingerprint density at radius 3 is 2.74 bits per heavy atom. The number of amides is 2. The molecule has 2 fully saturated rings. The molecule has 2 aliphatic rings. The Labute approximate surface area is 201 Å². The highest BCUT2D eigenvalue weighted by atomic mass is 16.5. The lowest BCUT2D eigenvalue weighted by atomic mass is 10.1. The van der Waals surface area contributed by atoms with E-state index in [1.165, 1.54) is 6.33 Å². The number of carboxylic acid groups (broad SMARTS) is 1. The summed E-state index contributed by atoms with van der Waals surface area (Å²) in [6.45, 7) is 2.33. The van der Waals surface area contributed by atoms with E-state index in [1.54, 1.807) is 14.0 Å². The summed E-state index contributed by atoms with van der Waals surface area (Å²) in [4.78, 5) is 37.6. The van der Waals surface area contributed by atoms with Crippen molar-refractivity contribution in [2.75, 3.05) is 26.8 Å². The quantitative estimate of drug-likeness (QED) is 0.401. The standard InChI is InChI=1S/C24H27N5O6/c1-12-19(23(31)28-16-8-29(24(32)33)9-17(16)30)21-22(27-12)20(25-11-26-21)15-6-5-14(34-2)7-18(15)35-10-13-3-4-13/h5-7,11,13,16-17,27,30H,3-4,8-10H2,1-2H3,(H,28,31)(H,32,33). The van der Waals surface area contributed by atoms with E-state index in [-0.39, 0.29) is 13.1 Å². The zero-order valence-electron chi connectivity index (χ0n) is 19.4. The number of hydrogen-bond donors (Lipinski definition) is 4. The molecule has 1 saturated carbocycles. The molecule has 1 aromatic carbocycles. The van der Waals surface area contributed by atoms with Crippen molar-refractivity contribution in [3.63, 3.8) is 0 Å². The van der Waals surface area contributed by atoms with Gasteiger partial charge in [-0.3, -0.25) is 4.79 Å². The van der Waals surface area contributed by atoms with Gasteiger partial charge >= 0.3 is 6.09 Å². The molecule has 184 valence electrons. The number of rotatable bonds is 7. The number of benzene rings is 1. The predicted octanol–water partition coefficient (Wildman–Crippen LogP) is 2.18. The topological polar surface area (TPSA) is 150 Å². The molecule has 0 bridgehead atoms. The van der Waals surface area contributed by atoms with Gasteiger partial charge in [0, 0.05) is 23.9 Å². The maximum Gasteiger partial charge on any atom is 0.407 e. The highest BCUT2D eigenvalue weighted by molar-refractivity contribution is 6.09. The average Bonchev–Trinajstić information content (AvgIpc) is 3.51. The zero-order chi connectivity index (χ0) is 24.7. The number of carbonyl (C=O) groups excluding carboxylic acids is 1. The normalized spacial score (nSPS) is 19.7. The number of nitrogens with one attached hydrogen (secondary N) is 2. The highest BCUT2D eigenvalue weighted by Gasteiger charge is 2.36. The minimum atomic E-state index is -1.14. The summed E-state index contributed by atoms with van der Waals surface area (Å²) in [6, 6.07) is 4.80. The second kappa shape index (κ2) is 9.06. The van der Waals surface area contributed by atoms with Gasteiger partial charge in [0.1, 0.15) is 29.0 Å². The van der Waals surface area contributed by atoms with Crippen molar-refractivity contribution >= 4 is 23.0 Å². The molecule has 11 nitrogen and oxygen atoms in total. The first-order chi connectivity index (χ1) is 16.9. The van der Waals surface area contributed by atoms with Gasteiger partial charge in [0.15, 0.2) is 0 Å². The van der Waals surface area contributed by atoms with Crippen LogP contribution in [0.3, 0.4) is 0 Å². The van der Waals surface area contributed by atoms with Crippen LogP contribution in [-0.4, -0.2) is 81.0 Å². The summed E-state index contributed by atoms with van der Waals surface area (Å²) in [5.41, 5.74) is 3.24. The van der Waals surface area contributed by atoms with E-state index in [0.717, 1.165) is 23.3 Å². The molecule has 2 aromatic heterocycles. The fourth-order valence-electron chi connectivity index (χ4n) is 4.37. The lowest BCUT2D eigenvalue weighted by Crippen LogP contribution is -2.43. The second-order valence-electron chi connectivity index (χ2n) is 9.02. The number of aromatic nitrogens is 3. The fourth-order valence-corrected chi connectivity index (χ4v) is 4.37. The van der Waals surface area contributed by atoms with Gasteiger partial charge in [0.05, 0.1) is 43.5 Å². The van der Waals surface area contributed by atoms with Crippen molar-refractivity contribution in [1.82, 2.24) is 25.2 Å². The van der Waals surface area contributed by atoms with E-state index < -0.39 is 24.1 Å². The number of aryl methyl sites for hydroxylation is 1. The molecule has 3 heterocycles. The number of carbonyl (C=O) groups is 2. The zero-order valence-corrected chi connectivity index (χ0v) is 19.4. The van der Waals surface area contributed by atoms with Gasteiger partial charge in [-0.1, -0.05) is 0 Å². The maximum absolute atomic E-state index is 13.2. The number of nitrogens with zero attached hydrogens (tertiary/aromatic N) is 3. The van der Waals surface area contributed by atoms with E-state index >= 15 is 0 Å². The lowest BCUT2D eigenvalue weighted by Gasteiger charge is -2.15. The van der Waals surface area contributed by atoms with E-state index in [9.17, 15) is 19.8 Å². The largest absolute Gasteiger partial charge is 0.497 e. The first-order valence-electron chi connectivity index (χ1n) is 11.5. The van der Waals surface area contributed by atoms with Gasteiger partial charge < -0.3 is 34.9 Å². The van der Waals surface area contributed by atoms with Gasteiger partial charge in [-0.2, -0.15) is 0 Å². The number of aromatic amines is 1. The number of aliphatic hydroxyl groups excluding tert-OH is 1. The van der Waals surface area contributed by atoms with E-state index in [0.29, 0.717) is 52.0 Å². The number of ether oxygens (including phenoxy) is 2. The average molecular weight is 482 g/mol. The van der Waals surface area contributed by atoms with E-state index in [1.807, 2.05) is 18.2 Å². The summed E-state index contributed by atoms with van der Waals surface area (Å²) in [6.07, 6.45) is 1.58. The van der Waals surface area contributed by atoms with Crippen molar-refractivity contribution in [1.29, 1.82) is 0 Å². The molecule has 1 aliphatic heterocycles. The number of fused-ring (bicyclic) bond motifs is 1. The third-order valence-corrected chi connectivity index (χ3v) is 6.49. The van der Waals surface area contributed by atoms with Gasteiger partial charge in [-0.05, 0) is 37.8 Å². The molecule has 3 aromatic rings. The van der Waals surface area contributed by atoms with Crippen LogP contribution in [0.25, 0.3) is 22.3 Å². The first-order valence-corrected chi connectivity index (χ1v) is 11.5. The minimum Gasteiger partial charge on any atom is -0.497 e. The summed E-state index contributed by atoms with van der Waals surface area (Å²) < 4.78 is 11.5. The van der Waals surface area contributed by atoms with Gasteiger partial charge in [0.25, 0.3) is 5.91 Å². The number of aliphatic hydroxyl groups is 1. The van der Waals surface area contributed by atoms with Crippen LogP contribution in [0.2, 0.25) is 0 Å². The highest BCUT2D eigenvalue weighted by Crippen LogP contribution is 2.38. The summed E-state index contributed by atoms with van der Waals surface area (Å²) in [5.74, 6) is 1.41. The molecule has 2 unspecified atom stereocenters. The molecule has 4 N–H and O–H groups in total. The van der Waals surface area contributed by atoms with Crippen LogP contribution in [0.1, 0.15) is 28.9 Å². The van der Waals surface area contributed by atoms with Crippen molar-refractivity contribution in [2.45, 2.75) is 31.9 Å². The number of hydrogen-bond acceptors (Lipinski definition) is 7. The smallest absolute Gasteiger partial charge is 0.407 e. The van der Waals surface area contributed by atoms with Crippen molar-refractivity contribution in [2.24, 2.45) is 5.92 Å². The molecular weight excluding hydrogens is 454 g/mol. The fraction of sp³-hybridized carbons (Fsp3) is 0.417. The van der Waals surface area contributed by atoms with Crippen molar-refractivity contribution in [3.05, 3.63) is 35.8 Å². The third kappa shape index (κ3) is 4.46. The summed E-state index contributed by atoms with van der Waals surface area (Å²) in [7, 11) is 1.60. The van der Waals surface area contributed by atoms with Crippen LogP contribution in [0.4, 0.5) is 4.79 Å². The molecule has 2 atom stereocenters. The maximum atomic E-state index is 13.2. The number of likely N-dealkylation sites (tertiary alicyclic amines) is 1. The van der Waals surface area contributed by atoms with Crippen LogP contribution < -0.4 is 14.8 Å². The molecule has 11 heteroatoms. The van der Waals surface area contributed by atoms with Crippen LogP contribution in [0.5, 0.6) is 11.5 Å². The van der Waals surface area contributed by atoms with Crippen molar-refractivity contribution < 1.29 is 29.3 Å². The van der Waals surface area contributed by atoms with Crippen LogP contribution in [0, 0.1) is 12.8 Å². The molecule has 35 heavy (non-hydrogen) atoms. The number of methoxy groups -OCH3 is 1. The Morgan fingerprint density at radius 2 is 2.06 bits per heavy atom. The molecule has 5 rings (SSSR count). The summed E-state index contributed by atoms with van der Waals surface area (Å²) in [5, 5.41) is 22.2. The molecule has 1 aliphatic carbocycles. The van der Waals surface area contributed by atoms with Gasteiger partial charge in [-0.15, -0.1) is 0 Å². The third-order valence-electron chi connectivity index (χ3n) is 6.49. The van der Waals surface area contributed by atoms with E-state index in [2.05, 4.69) is 20.3 Å². The molecule has 1 saturated heterocycles. The Morgan fingerprint density at radius 1 is 1.26 bits per heavy atom. The monoisotopic (exact) mass is 481 g/mol. The molecule has 0 spiro atoms. The van der Waals surface area contributed by atoms with Gasteiger partial charge in [-0.25, -0.2) is 14.8 Å². The molecule has 0 radical (unpaired) electrons.